The Morgan fingerprint density at radius 2 is 2.11 bits per heavy atom. The van der Waals surface area contributed by atoms with Crippen molar-refractivity contribution < 1.29 is 4.79 Å². The van der Waals surface area contributed by atoms with Crippen molar-refractivity contribution in [1.29, 1.82) is 0 Å². The molecule has 1 aliphatic rings. The second-order valence-electron chi connectivity index (χ2n) is 6.06. The van der Waals surface area contributed by atoms with Gasteiger partial charge in [-0.2, -0.15) is 0 Å². The van der Waals surface area contributed by atoms with Crippen LogP contribution in [0.2, 0.25) is 0 Å². The molecule has 0 aromatic heterocycles. The highest BCUT2D eigenvalue weighted by molar-refractivity contribution is 5.76. The largest absolute Gasteiger partial charge is 0.353 e. The molecule has 0 aliphatic carbocycles. The topological polar surface area (TPSA) is 41.1 Å². The summed E-state index contributed by atoms with van der Waals surface area (Å²) in [4.78, 5) is 12.0. The molecule has 2 N–H and O–H groups in total. The van der Waals surface area contributed by atoms with Crippen molar-refractivity contribution in [3.63, 3.8) is 0 Å². The second-order valence-corrected chi connectivity index (χ2v) is 6.06. The van der Waals surface area contributed by atoms with Crippen molar-refractivity contribution in [2.45, 2.75) is 39.2 Å². The first-order chi connectivity index (χ1) is 9.08. The van der Waals surface area contributed by atoms with Crippen molar-refractivity contribution in [3.8, 4) is 0 Å². The molecule has 1 aliphatic heterocycles. The molecule has 1 fully saturated rings. The first-order valence-electron chi connectivity index (χ1n) is 7.12. The first kappa shape index (κ1) is 14.1. The molecule has 0 radical (unpaired) electrons. The van der Waals surface area contributed by atoms with Gasteiger partial charge in [0.25, 0.3) is 0 Å². The van der Waals surface area contributed by atoms with Gasteiger partial charge in [-0.3, -0.25) is 4.79 Å². The Labute approximate surface area is 115 Å². The number of amides is 1. The number of hydrogen-bond acceptors (Lipinski definition) is 2. The molecule has 1 atom stereocenters. The first-order valence-corrected chi connectivity index (χ1v) is 7.12. The predicted octanol–water partition coefficient (Wildman–Crippen LogP) is 2.12. The molecule has 1 saturated heterocycles. The molecule has 3 nitrogen and oxygen atoms in total. The summed E-state index contributed by atoms with van der Waals surface area (Å²) in [5.74, 6) is 0.170. The quantitative estimate of drug-likeness (QED) is 0.870. The maximum atomic E-state index is 12.0. The van der Waals surface area contributed by atoms with Crippen LogP contribution in [0.5, 0.6) is 0 Å². The average Bonchev–Trinajstić information content (AvgIpc) is 2.40. The van der Waals surface area contributed by atoms with E-state index in [0.717, 1.165) is 25.9 Å². The Morgan fingerprint density at radius 3 is 2.79 bits per heavy atom. The highest BCUT2D eigenvalue weighted by atomic mass is 16.1. The van der Waals surface area contributed by atoms with E-state index in [-0.39, 0.29) is 17.4 Å². The minimum absolute atomic E-state index is 0.140. The van der Waals surface area contributed by atoms with Crippen LogP contribution in [0.3, 0.4) is 0 Å². The third-order valence-corrected chi connectivity index (χ3v) is 3.95. The summed E-state index contributed by atoms with van der Waals surface area (Å²) in [7, 11) is 0. The van der Waals surface area contributed by atoms with Gasteiger partial charge in [0.05, 0.1) is 0 Å². The van der Waals surface area contributed by atoms with E-state index < -0.39 is 0 Å². The molecule has 0 spiro atoms. The van der Waals surface area contributed by atoms with Gasteiger partial charge in [-0.15, -0.1) is 0 Å². The zero-order valence-electron chi connectivity index (χ0n) is 11.9. The van der Waals surface area contributed by atoms with Crippen molar-refractivity contribution >= 4 is 5.91 Å². The fourth-order valence-electron chi connectivity index (χ4n) is 2.61. The third kappa shape index (κ3) is 4.06. The van der Waals surface area contributed by atoms with E-state index in [4.69, 9.17) is 0 Å². The number of carbonyl (C=O) groups excluding carboxylic acids is 1. The van der Waals surface area contributed by atoms with Crippen LogP contribution < -0.4 is 10.6 Å². The Bertz CT molecular complexity index is 414. The Kier molecular flexibility index (Phi) is 4.59. The summed E-state index contributed by atoms with van der Waals surface area (Å²) in [6, 6.07) is 10.5. The summed E-state index contributed by atoms with van der Waals surface area (Å²) in [5.41, 5.74) is 1.36. The smallest absolute Gasteiger partial charge is 0.220 e. The number of aryl methyl sites for hydroxylation is 1. The second kappa shape index (κ2) is 6.20. The standard InChI is InChI=1S/C16H24N2O/c1-16(2)12-17-11-10-14(16)18-15(19)9-8-13-6-4-3-5-7-13/h3-7,14,17H,8-12H2,1-2H3,(H,18,19). The number of rotatable bonds is 4. The molecule has 1 amide bonds. The zero-order chi connectivity index (χ0) is 13.7. The van der Waals surface area contributed by atoms with Gasteiger partial charge in [-0.25, -0.2) is 0 Å². The van der Waals surface area contributed by atoms with Crippen LogP contribution in [0.4, 0.5) is 0 Å². The normalized spacial score (nSPS) is 21.9. The van der Waals surface area contributed by atoms with Gasteiger partial charge in [0, 0.05) is 19.0 Å². The fourth-order valence-corrected chi connectivity index (χ4v) is 2.61. The molecular formula is C16H24N2O. The van der Waals surface area contributed by atoms with E-state index in [0.29, 0.717) is 6.42 Å². The summed E-state index contributed by atoms with van der Waals surface area (Å²) in [6.45, 7) is 6.38. The van der Waals surface area contributed by atoms with Gasteiger partial charge < -0.3 is 10.6 Å². The van der Waals surface area contributed by atoms with Crippen LogP contribution in [0.15, 0.2) is 30.3 Å². The Balaban J connectivity index is 1.81. The van der Waals surface area contributed by atoms with Gasteiger partial charge in [0.15, 0.2) is 0 Å². The highest BCUT2D eigenvalue weighted by Crippen LogP contribution is 2.25. The van der Waals surface area contributed by atoms with Crippen LogP contribution in [-0.2, 0) is 11.2 Å². The number of nitrogens with one attached hydrogen (secondary N) is 2. The lowest BCUT2D eigenvalue weighted by molar-refractivity contribution is -0.122. The summed E-state index contributed by atoms with van der Waals surface area (Å²) in [5, 5.41) is 6.59. The van der Waals surface area contributed by atoms with Crippen molar-refractivity contribution in [1.82, 2.24) is 10.6 Å². The SMILES string of the molecule is CC1(C)CNCCC1NC(=O)CCc1ccccc1. The minimum Gasteiger partial charge on any atom is -0.353 e. The number of carbonyl (C=O) groups is 1. The molecule has 1 unspecified atom stereocenters. The van der Waals surface area contributed by atoms with E-state index in [2.05, 4.69) is 36.6 Å². The Hall–Kier alpha value is -1.35. The molecule has 19 heavy (non-hydrogen) atoms. The molecule has 1 aromatic rings. The lowest BCUT2D eigenvalue weighted by atomic mass is 9.80. The van der Waals surface area contributed by atoms with Crippen LogP contribution >= 0.6 is 0 Å². The maximum Gasteiger partial charge on any atom is 0.220 e. The summed E-state index contributed by atoms with van der Waals surface area (Å²) >= 11 is 0. The Morgan fingerprint density at radius 1 is 1.37 bits per heavy atom. The third-order valence-electron chi connectivity index (χ3n) is 3.95. The van der Waals surface area contributed by atoms with E-state index in [1.807, 2.05) is 18.2 Å². The van der Waals surface area contributed by atoms with Crippen molar-refractivity contribution in [2.24, 2.45) is 5.41 Å². The summed E-state index contributed by atoms with van der Waals surface area (Å²) < 4.78 is 0. The van der Waals surface area contributed by atoms with Crippen molar-refractivity contribution in [2.75, 3.05) is 13.1 Å². The maximum absolute atomic E-state index is 12.0. The zero-order valence-corrected chi connectivity index (χ0v) is 11.9. The van der Waals surface area contributed by atoms with E-state index in [1.54, 1.807) is 0 Å². The van der Waals surface area contributed by atoms with Crippen LogP contribution in [0.1, 0.15) is 32.3 Å². The van der Waals surface area contributed by atoms with E-state index in [1.165, 1.54) is 5.56 Å². The van der Waals surface area contributed by atoms with E-state index in [9.17, 15) is 4.79 Å². The number of piperidine rings is 1. The molecular weight excluding hydrogens is 236 g/mol. The molecule has 1 heterocycles. The van der Waals surface area contributed by atoms with Gasteiger partial charge in [-0.05, 0) is 30.4 Å². The van der Waals surface area contributed by atoms with Gasteiger partial charge in [0.1, 0.15) is 0 Å². The number of benzene rings is 1. The minimum atomic E-state index is 0.140. The lowest BCUT2D eigenvalue weighted by Gasteiger charge is -2.39. The number of hydrogen-bond donors (Lipinski definition) is 2. The summed E-state index contributed by atoms with van der Waals surface area (Å²) in [6.07, 6.45) is 2.41. The lowest BCUT2D eigenvalue weighted by Crippen LogP contribution is -2.54. The average molecular weight is 260 g/mol. The van der Waals surface area contributed by atoms with Crippen LogP contribution in [-0.4, -0.2) is 25.0 Å². The monoisotopic (exact) mass is 260 g/mol. The fraction of sp³-hybridized carbons (Fsp3) is 0.562. The molecule has 0 bridgehead atoms. The van der Waals surface area contributed by atoms with Crippen molar-refractivity contribution in [3.05, 3.63) is 35.9 Å². The van der Waals surface area contributed by atoms with Gasteiger partial charge in [-0.1, -0.05) is 44.2 Å². The molecule has 0 saturated carbocycles. The van der Waals surface area contributed by atoms with E-state index >= 15 is 0 Å². The molecule has 2 rings (SSSR count). The molecule has 3 heteroatoms. The predicted molar refractivity (Wildman–Crippen MR) is 78.0 cm³/mol. The molecule has 1 aromatic carbocycles. The van der Waals surface area contributed by atoms with Crippen LogP contribution in [0, 0.1) is 5.41 Å². The molecule has 104 valence electrons. The van der Waals surface area contributed by atoms with Gasteiger partial charge >= 0.3 is 0 Å². The van der Waals surface area contributed by atoms with Gasteiger partial charge in [0.2, 0.25) is 5.91 Å². The van der Waals surface area contributed by atoms with Crippen LogP contribution in [0.25, 0.3) is 0 Å². The highest BCUT2D eigenvalue weighted by Gasteiger charge is 2.32.